The quantitative estimate of drug-likeness (QED) is 0.693. The molecule has 0 aliphatic carbocycles. The highest BCUT2D eigenvalue weighted by molar-refractivity contribution is 7.19. The standard InChI is InChI=1S/C8H9N7OS/c1-16-3-5-11-13-8-15(5)14-7(17-8)4-2-10-12-6(4)9/h2H,3H2,1H3,(H3,9,10,12). The number of hydrogen-bond acceptors (Lipinski definition) is 7. The third-order valence-corrected chi connectivity index (χ3v) is 3.16. The SMILES string of the molecule is COCc1nnc2sc(-c3cn[nH]c3N)nn12. The lowest BCUT2D eigenvalue weighted by molar-refractivity contribution is 0.176. The van der Waals surface area contributed by atoms with Gasteiger partial charge in [0.2, 0.25) is 4.96 Å². The van der Waals surface area contributed by atoms with Gasteiger partial charge in [0, 0.05) is 7.11 Å². The third kappa shape index (κ3) is 1.56. The first-order chi connectivity index (χ1) is 8.29. The zero-order chi connectivity index (χ0) is 11.8. The number of H-pyrrole nitrogens is 1. The molecular weight excluding hydrogens is 242 g/mol. The minimum absolute atomic E-state index is 0.366. The summed E-state index contributed by atoms with van der Waals surface area (Å²) in [6.07, 6.45) is 1.64. The zero-order valence-electron chi connectivity index (χ0n) is 8.91. The molecule has 0 aromatic carbocycles. The number of fused-ring (bicyclic) bond motifs is 1. The van der Waals surface area contributed by atoms with Crippen molar-refractivity contribution in [2.45, 2.75) is 6.61 Å². The van der Waals surface area contributed by atoms with E-state index in [1.165, 1.54) is 11.3 Å². The van der Waals surface area contributed by atoms with E-state index in [0.29, 0.717) is 23.2 Å². The number of methoxy groups -OCH3 is 1. The Balaban J connectivity index is 2.11. The highest BCUT2D eigenvalue weighted by Crippen LogP contribution is 2.28. The Labute approximate surface area is 99.4 Å². The summed E-state index contributed by atoms with van der Waals surface area (Å²) in [7, 11) is 1.60. The molecule has 3 rings (SSSR count). The van der Waals surface area contributed by atoms with Crippen LogP contribution in [-0.2, 0) is 11.3 Å². The lowest BCUT2D eigenvalue weighted by atomic mass is 10.3. The second-order valence-electron chi connectivity index (χ2n) is 3.35. The van der Waals surface area contributed by atoms with Crippen molar-refractivity contribution in [1.82, 2.24) is 30.0 Å². The molecule has 3 N–H and O–H groups in total. The van der Waals surface area contributed by atoms with E-state index in [9.17, 15) is 0 Å². The van der Waals surface area contributed by atoms with Crippen LogP contribution in [0.4, 0.5) is 5.82 Å². The van der Waals surface area contributed by atoms with E-state index < -0.39 is 0 Å². The number of nitrogen functional groups attached to an aromatic ring is 1. The van der Waals surface area contributed by atoms with Crippen LogP contribution in [0.5, 0.6) is 0 Å². The number of nitrogens with two attached hydrogens (primary N) is 1. The van der Waals surface area contributed by atoms with Crippen LogP contribution in [0, 0.1) is 0 Å². The minimum Gasteiger partial charge on any atom is -0.383 e. The predicted molar refractivity (Wildman–Crippen MR) is 61.4 cm³/mol. The van der Waals surface area contributed by atoms with Crippen LogP contribution >= 0.6 is 11.3 Å². The summed E-state index contributed by atoms with van der Waals surface area (Å²) in [5.74, 6) is 1.15. The van der Waals surface area contributed by atoms with Crippen LogP contribution in [0.1, 0.15) is 5.82 Å². The Bertz CT molecular complexity index is 654. The summed E-state index contributed by atoms with van der Waals surface area (Å²) in [5, 5.41) is 19.6. The Hall–Kier alpha value is -2.00. The van der Waals surface area contributed by atoms with E-state index in [-0.39, 0.29) is 0 Å². The number of hydrogen-bond donors (Lipinski definition) is 2. The monoisotopic (exact) mass is 251 g/mol. The molecule has 0 amide bonds. The second kappa shape index (κ2) is 3.79. The fourth-order valence-electron chi connectivity index (χ4n) is 1.45. The maximum absolute atomic E-state index is 5.74. The summed E-state index contributed by atoms with van der Waals surface area (Å²) >= 11 is 1.40. The molecule has 88 valence electrons. The number of nitrogens with zero attached hydrogens (tertiary/aromatic N) is 5. The highest BCUT2D eigenvalue weighted by atomic mass is 32.1. The van der Waals surface area contributed by atoms with Gasteiger partial charge in [0.25, 0.3) is 0 Å². The highest BCUT2D eigenvalue weighted by Gasteiger charge is 2.15. The van der Waals surface area contributed by atoms with Crippen LogP contribution in [0.2, 0.25) is 0 Å². The van der Waals surface area contributed by atoms with Gasteiger partial charge in [0.05, 0.1) is 11.8 Å². The molecule has 0 saturated heterocycles. The van der Waals surface area contributed by atoms with Gasteiger partial charge < -0.3 is 10.5 Å². The van der Waals surface area contributed by atoms with Crippen LogP contribution in [0.15, 0.2) is 6.20 Å². The fourth-order valence-corrected chi connectivity index (χ4v) is 2.33. The third-order valence-electron chi connectivity index (χ3n) is 2.23. The van der Waals surface area contributed by atoms with E-state index in [2.05, 4.69) is 25.5 Å². The van der Waals surface area contributed by atoms with E-state index in [0.717, 1.165) is 10.6 Å². The molecule has 3 heterocycles. The topological polar surface area (TPSA) is 107 Å². The number of rotatable bonds is 3. The second-order valence-corrected chi connectivity index (χ2v) is 4.30. The summed E-state index contributed by atoms with van der Waals surface area (Å²) in [4.78, 5) is 0.702. The summed E-state index contributed by atoms with van der Waals surface area (Å²) in [5.41, 5.74) is 6.51. The molecule has 3 aromatic heterocycles. The van der Waals surface area contributed by atoms with E-state index >= 15 is 0 Å². The molecular formula is C8H9N7OS. The van der Waals surface area contributed by atoms with E-state index in [1.807, 2.05) is 0 Å². The first kappa shape index (κ1) is 10.2. The molecule has 0 bridgehead atoms. The summed E-state index contributed by atoms with van der Waals surface area (Å²) in [6, 6.07) is 0. The number of nitrogens with one attached hydrogen (secondary N) is 1. The van der Waals surface area contributed by atoms with Gasteiger partial charge in [-0.05, 0) is 0 Å². The Kier molecular flexibility index (Phi) is 2.27. The fraction of sp³-hybridized carbons (Fsp3) is 0.250. The Morgan fingerprint density at radius 1 is 1.53 bits per heavy atom. The van der Waals surface area contributed by atoms with Gasteiger partial charge in [-0.3, -0.25) is 5.10 Å². The molecule has 0 spiro atoms. The maximum Gasteiger partial charge on any atom is 0.235 e. The molecule has 0 aliphatic rings. The van der Waals surface area contributed by atoms with Gasteiger partial charge >= 0.3 is 0 Å². The molecule has 8 nitrogen and oxygen atoms in total. The summed E-state index contributed by atoms with van der Waals surface area (Å²) in [6.45, 7) is 0.366. The lowest BCUT2D eigenvalue weighted by Crippen LogP contribution is -1.97. The normalized spacial score (nSPS) is 11.4. The molecule has 0 unspecified atom stereocenters. The molecule has 0 saturated carbocycles. The van der Waals surface area contributed by atoms with Crippen LogP contribution < -0.4 is 5.73 Å². The average molecular weight is 251 g/mol. The van der Waals surface area contributed by atoms with Crippen LogP contribution in [-0.4, -0.2) is 37.1 Å². The minimum atomic E-state index is 0.366. The van der Waals surface area contributed by atoms with Crippen LogP contribution in [0.25, 0.3) is 15.5 Å². The predicted octanol–water partition coefficient (Wildman–Crippen LogP) is 0.304. The van der Waals surface area contributed by atoms with Gasteiger partial charge in [-0.1, -0.05) is 11.3 Å². The van der Waals surface area contributed by atoms with Gasteiger partial charge in [-0.25, -0.2) is 0 Å². The summed E-state index contributed by atoms with van der Waals surface area (Å²) < 4.78 is 6.66. The van der Waals surface area contributed by atoms with Crippen molar-refractivity contribution >= 4 is 22.1 Å². The van der Waals surface area contributed by atoms with Crippen molar-refractivity contribution in [3.8, 4) is 10.6 Å². The molecule has 0 radical (unpaired) electrons. The van der Waals surface area contributed by atoms with Crippen molar-refractivity contribution in [3.63, 3.8) is 0 Å². The lowest BCUT2D eigenvalue weighted by Gasteiger charge is -1.93. The largest absolute Gasteiger partial charge is 0.383 e. The Morgan fingerprint density at radius 3 is 3.12 bits per heavy atom. The Morgan fingerprint density at radius 2 is 2.41 bits per heavy atom. The van der Waals surface area contributed by atoms with Gasteiger partial charge in [-0.2, -0.15) is 14.7 Å². The smallest absolute Gasteiger partial charge is 0.235 e. The molecule has 17 heavy (non-hydrogen) atoms. The number of aromatic nitrogens is 6. The van der Waals surface area contributed by atoms with Crippen molar-refractivity contribution in [1.29, 1.82) is 0 Å². The van der Waals surface area contributed by atoms with Crippen molar-refractivity contribution < 1.29 is 4.74 Å². The zero-order valence-corrected chi connectivity index (χ0v) is 9.73. The van der Waals surface area contributed by atoms with Gasteiger partial charge in [0.15, 0.2) is 10.8 Å². The maximum atomic E-state index is 5.74. The number of anilines is 1. The van der Waals surface area contributed by atoms with Gasteiger partial charge in [0.1, 0.15) is 12.4 Å². The van der Waals surface area contributed by atoms with Crippen molar-refractivity contribution in [2.75, 3.05) is 12.8 Å². The molecule has 0 aliphatic heterocycles. The van der Waals surface area contributed by atoms with Gasteiger partial charge in [-0.15, -0.1) is 10.2 Å². The average Bonchev–Trinajstić information content (AvgIpc) is 2.95. The van der Waals surface area contributed by atoms with E-state index in [4.69, 9.17) is 10.5 Å². The number of ether oxygens (including phenoxy) is 1. The van der Waals surface area contributed by atoms with Crippen molar-refractivity contribution in [3.05, 3.63) is 12.0 Å². The van der Waals surface area contributed by atoms with Crippen molar-refractivity contribution in [2.24, 2.45) is 0 Å². The molecule has 9 heteroatoms. The first-order valence-electron chi connectivity index (χ1n) is 4.79. The first-order valence-corrected chi connectivity index (χ1v) is 5.60. The van der Waals surface area contributed by atoms with E-state index in [1.54, 1.807) is 17.8 Å². The van der Waals surface area contributed by atoms with Crippen LogP contribution in [0.3, 0.4) is 0 Å². The number of aromatic amines is 1. The molecule has 0 atom stereocenters. The molecule has 3 aromatic rings. The molecule has 0 fully saturated rings.